The first-order valence-electron chi connectivity index (χ1n) is 6.57. The van der Waals surface area contributed by atoms with Gasteiger partial charge in [-0.3, -0.25) is 0 Å². The summed E-state index contributed by atoms with van der Waals surface area (Å²) in [7, 11) is 1.54. The van der Waals surface area contributed by atoms with E-state index in [4.69, 9.17) is 4.74 Å². The van der Waals surface area contributed by atoms with Gasteiger partial charge in [0.1, 0.15) is 0 Å². The van der Waals surface area contributed by atoms with Crippen molar-refractivity contribution < 1.29 is 9.84 Å². The molecular weight excluding hydrogens is 226 g/mol. The number of piperidine rings is 1. The highest BCUT2D eigenvalue weighted by molar-refractivity contribution is 5.22. The molecule has 3 rings (SSSR count). The Morgan fingerprint density at radius 2 is 2.11 bits per heavy atom. The maximum absolute atomic E-state index is 9.94. The van der Waals surface area contributed by atoms with Gasteiger partial charge in [-0.05, 0) is 24.8 Å². The second-order valence-electron chi connectivity index (χ2n) is 5.17. The SMILES string of the molecule is CO/C(O)=C1/[C@@H]2CC[C@@H](C2)N1Cc1ccccc1. The van der Waals surface area contributed by atoms with Crippen LogP contribution in [0.3, 0.4) is 0 Å². The van der Waals surface area contributed by atoms with Crippen LogP contribution in [-0.2, 0) is 11.3 Å². The van der Waals surface area contributed by atoms with Crippen molar-refractivity contribution in [3.05, 3.63) is 47.5 Å². The summed E-state index contributed by atoms with van der Waals surface area (Å²) in [6.07, 6.45) is 3.58. The Bertz CT molecular complexity index is 455. The predicted molar refractivity (Wildman–Crippen MR) is 69.8 cm³/mol. The summed E-state index contributed by atoms with van der Waals surface area (Å²) < 4.78 is 5.05. The molecule has 1 aliphatic carbocycles. The van der Waals surface area contributed by atoms with E-state index in [1.165, 1.54) is 25.5 Å². The van der Waals surface area contributed by atoms with Gasteiger partial charge in [-0.2, -0.15) is 0 Å². The predicted octanol–water partition coefficient (Wildman–Crippen LogP) is 3.04. The molecule has 2 aliphatic rings. The fourth-order valence-corrected chi connectivity index (χ4v) is 3.32. The lowest BCUT2D eigenvalue weighted by molar-refractivity contribution is 0.106. The molecule has 0 aromatic heterocycles. The van der Waals surface area contributed by atoms with Crippen LogP contribution >= 0.6 is 0 Å². The van der Waals surface area contributed by atoms with Gasteiger partial charge >= 0.3 is 0 Å². The van der Waals surface area contributed by atoms with Crippen molar-refractivity contribution in [2.45, 2.75) is 31.8 Å². The second-order valence-corrected chi connectivity index (χ2v) is 5.17. The Morgan fingerprint density at radius 3 is 2.83 bits per heavy atom. The van der Waals surface area contributed by atoms with Crippen LogP contribution in [0.5, 0.6) is 0 Å². The fourth-order valence-electron chi connectivity index (χ4n) is 3.32. The van der Waals surface area contributed by atoms with Crippen LogP contribution in [0.4, 0.5) is 0 Å². The van der Waals surface area contributed by atoms with Gasteiger partial charge in [0.15, 0.2) is 0 Å². The molecule has 0 amide bonds. The molecule has 1 aliphatic heterocycles. The molecule has 3 heteroatoms. The molecule has 3 nitrogen and oxygen atoms in total. The molecule has 0 spiro atoms. The van der Waals surface area contributed by atoms with Crippen molar-refractivity contribution in [1.82, 2.24) is 4.90 Å². The fraction of sp³-hybridized carbons (Fsp3) is 0.467. The van der Waals surface area contributed by atoms with E-state index in [0.717, 1.165) is 18.7 Å². The number of benzene rings is 1. The Labute approximate surface area is 108 Å². The first-order valence-corrected chi connectivity index (χ1v) is 6.57. The molecular formula is C15H19NO2. The number of methoxy groups -OCH3 is 1. The number of hydrogen-bond donors (Lipinski definition) is 1. The summed E-state index contributed by atoms with van der Waals surface area (Å²) in [4.78, 5) is 2.32. The van der Waals surface area contributed by atoms with E-state index in [-0.39, 0.29) is 5.95 Å². The minimum absolute atomic E-state index is 0.109. The Hall–Kier alpha value is -1.64. The maximum Gasteiger partial charge on any atom is 0.296 e. The molecule has 1 aromatic carbocycles. The monoisotopic (exact) mass is 245 g/mol. The number of fused-ring (bicyclic) bond motifs is 2. The average molecular weight is 245 g/mol. The molecule has 2 fully saturated rings. The van der Waals surface area contributed by atoms with Crippen LogP contribution in [0.2, 0.25) is 0 Å². The molecule has 1 heterocycles. The van der Waals surface area contributed by atoms with Gasteiger partial charge in [0.2, 0.25) is 0 Å². The van der Waals surface area contributed by atoms with Gasteiger partial charge < -0.3 is 14.7 Å². The van der Waals surface area contributed by atoms with Crippen molar-refractivity contribution in [3.8, 4) is 0 Å². The van der Waals surface area contributed by atoms with Gasteiger partial charge in [0, 0.05) is 18.5 Å². The van der Waals surface area contributed by atoms with E-state index in [1.54, 1.807) is 0 Å². The smallest absolute Gasteiger partial charge is 0.296 e. The molecule has 2 atom stereocenters. The molecule has 0 unspecified atom stereocenters. The van der Waals surface area contributed by atoms with Crippen molar-refractivity contribution in [1.29, 1.82) is 0 Å². The minimum Gasteiger partial charge on any atom is -0.480 e. The van der Waals surface area contributed by atoms with E-state index in [9.17, 15) is 5.11 Å². The minimum atomic E-state index is 0.109. The lowest BCUT2D eigenvalue weighted by Gasteiger charge is -2.31. The summed E-state index contributed by atoms with van der Waals surface area (Å²) in [5.41, 5.74) is 2.30. The zero-order valence-corrected chi connectivity index (χ0v) is 10.7. The maximum atomic E-state index is 9.94. The summed E-state index contributed by atoms with van der Waals surface area (Å²) in [6, 6.07) is 11.0. The van der Waals surface area contributed by atoms with Gasteiger partial charge in [0.05, 0.1) is 12.8 Å². The number of allylic oxidation sites excluding steroid dienone is 1. The van der Waals surface area contributed by atoms with Crippen LogP contribution < -0.4 is 0 Å². The van der Waals surface area contributed by atoms with Crippen LogP contribution in [0, 0.1) is 5.92 Å². The number of nitrogens with zero attached hydrogens (tertiary/aromatic N) is 1. The zero-order chi connectivity index (χ0) is 12.5. The zero-order valence-electron chi connectivity index (χ0n) is 10.7. The average Bonchev–Trinajstić information content (AvgIpc) is 3.00. The number of likely N-dealkylation sites (tertiary alicyclic amines) is 1. The first-order chi connectivity index (χ1) is 8.79. The largest absolute Gasteiger partial charge is 0.480 e. The van der Waals surface area contributed by atoms with E-state index < -0.39 is 0 Å². The van der Waals surface area contributed by atoms with E-state index >= 15 is 0 Å². The summed E-state index contributed by atoms with van der Waals surface area (Å²) in [6.45, 7) is 0.866. The highest BCUT2D eigenvalue weighted by Crippen LogP contribution is 2.46. The molecule has 96 valence electrons. The first kappa shape index (κ1) is 11.5. The summed E-state index contributed by atoms with van der Waals surface area (Å²) in [5.74, 6) is 0.594. The summed E-state index contributed by atoms with van der Waals surface area (Å²) >= 11 is 0. The molecule has 1 saturated carbocycles. The number of rotatable bonds is 3. The number of hydrogen-bond acceptors (Lipinski definition) is 3. The molecule has 0 radical (unpaired) electrons. The van der Waals surface area contributed by atoms with Crippen molar-refractivity contribution in [2.24, 2.45) is 5.92 Å². The number of ether oxygens (including phenoxy) is 1. The topological polar surface area (TPSA) is 32.7 Å². The van der Waals surface area contributed by atoms with Crippen LogP contribution in [-0.4, -0.2) is 23.2 Å². The van der Waals surface area contributed by atoms with Gasteiger partial charge in [-0.25, -0.2) is 0 Å². The van der Waals surface area contributed by atoms with E-state index in [2.05, 4.69) is 29.2 Å². The third-order valence-corrected chi connectivity index (χ3v) is 4.15. The highest BCUT2D eigenvalue weighted by atomic mass is 16.6. The molecule has 1 saturated heterocycles. The van der Waals surface area contributed by atoms with Crippen molar-refractivity contribution in [3.63, 3.8) is 0 Å². The quantitative estimate of drug-likeness (QED) is 0.831. The standard InChI is InChI=1S/C15H19NO2/c1-18-15(17)14-12-7-8-13(9-12)16(14)10-11-5-3-2-4-6-11/h2-6,12-13,17H,7-10H2,1H3/b15-14-/t12-,13+/m1/s1. The Morgan fingerprint density at radius 1 is 1.33 bits per heavy atom. The van der Waals surface area contributed by atoms with Crippen LogP contribution in [0.1, 0.15) is 24.8 Å². The van der Waals surface area contributed by atoms with E-state index in [0.29, 0.717) is 12.0 Å². The van der Waals surface area contributed by atoms with Gasteiger partial charge in [-0.15, -0.1) is 0 Å². The Kier molecular flexibility index (Phi) is 2.90. The van der Waals surface area contributed by atoms with Crippen LogP contribution in [0.25, 0.3) is 0 Å². The van der Waals surface area contributed by atoms with Gasteiger partial charge in [-0.1, -0.05) is 30.3 Å². The van der Waals surface area contributed by atoms with Gasteiger partial charge in [0.25, 0.3) is 5.95 Å². The van der Waals surface area contributed by atoms with Crippen molar-refractivity contribution in [2.75, 3.05) is 7.11 Å². The Balaban J connectivity index is 1.86. The highest BCUT2D eigenvalue weighted by Gasteiger charge is 2.43. The third kappa shape index (κ3) is 1.84. The lowest BCUT2D eigenvalue weighted by Crippen LogP contribution is -2.31. The third-order valence-electron chi connectivity index (χ3n) is 4.15. The normalized spacial score (nSPS) is 28.6. The van der Waals surface area contributed by atoms with E-state index in [1.807, 2.05) is 6.07 Å². The molecule has 2 bridgehead atoms. The molecule has 1 N–H and O–H groups in total. The van der Waals surface area contributed by atoms with Crippen LogP contribution in [0.15, 0.2) is 42.0 Å². The number of aliphatic hydroxyl groups excluding tert-OH is 1. The molecule has 1 aromatic rings. The second kappa shape index (κ2) is 4.56. The molecule has 18 heavy (non-hydrogen) atoms. The lowest BCUT2D eigenvalue weighted by atomic mass is 10.0. The summed E-state index contributed by atoms with van der Waals surface area (Å²) in [5, 5.41) is 9.94. The van der Waals surface area contributed by atoms with Crippen molar-refractivity contribution >= 4 is 0 Å². The number of aliphatic hydroxyl groups is 1.